The third kappa shape index (κ3) is 2.92. The lowest BCUT2D eigenvalue weighted by Crippen LogP contribution is -2.40. The molecule has 0 aliphatic carbocycles. The van der Waals surface area contributed by atoms with E-state index in [0.29, 0.717) is 0 Å². The van der Waals surface area contributed by atoms with Crippen LogP contribution in [0.1, 0.15) is 0 Å². The highest BCUT2D eigenvalue weighted by molar-refractivity contribution is 6.59. The van der Waals surface area contributed by atoms with Gasteiger partial charge in [-0.1, -0.05) is 0 Å². The average molecular weight is 152 g/mol. The molecule has 4 nitrogen and oxygen atoms in total. The van der Waals surface area contributed by atoms with Crippen LogP contribution in [0.15, 0.2) is 0 Å². The molecule has 0 bridgehead atoms. The number of hydrogen-bond donors (Lipinski definition) is 1. The van der Waals surface area contributed by atoms with E-state index in [1.807, 2.05) is 0 Å². The molecule has 0 saturated heterocycles. The summed E-state index contributed by atoms with van der Waals surface area (Å²) in [6, 6.07) is 0. The normalized spacial score (nSPS) is 12.0. The monoisotopic (exact) mass is 152 g/mol. The van der Waals surface area contributed by atoms with Gasteiger partial charge in [0.15, 0.2) is 0 Å². The van der Waals surface area contributed by atoms with Crippen molar-refractivity contribution in [1.82, 2.24) is 0 Å². The van der Waals surface area contributed by atoms with E-state index in [1.165, 1.54) is 14.2 Å². The van der Waals surface area contributed by atoms with Crippen LogP contribution in [0.3, 0.4) is 0 Å². The Balaban J connectivity index is 3.62. The van der Waals surface area contributed by atoms with Crippen molar-refractivity contribution in [2.24, 2.45) is 0 Å². The van der Waals surface area contributed by atoms with Gasteiger partial charge < -0.3 is 18.4 Å². The van der Waals surface area contributed by atoms with Crippen LogP contribution in [0.4, 0.5) is 0 Å². The molecule has 0 radical (unpaired) electrons. The van der Waals surface area contributed by atoms with Crippen molar-refractivity contribution in [3.8, 4) is 0 Å². The minimum atomic E-state index is -2.45. The van der Waals surface area contributed by atoms with Gasteiger partial charge in [-0.05, 0) is 0 Å². The first-order chi connectivity index (χ1) is 4.18. The second-order valence-corrected chi connectivity index (χ2v) is 4.37. The summed E-state index contributed by atoms with van der Waals surface area (Å²) in [5.41, 5.74) is 0. The van der Waals surface area contributed by atoms with Crippen molar-refractivity contribution < 1.29 is 18.4 Å². The van der Waals surface area contributed by atoms with Crippen molar-refractivity contribution in [2.75, 3.05) is 21.0 Å². The van der Waals surface area contributed by atoms with E-state index in [0.717, 1.165) is 0 Å². The van der Waals surface area contributed by atoms with Crippen LogP contribution >= 0.6 is 0 Å². The number of hydrogen-bond acceptors (Lipinski definition) is 4. The molecule has 0 heterocycles. The Morgan fingerprint density at radius 3 is 1.89 bits per heavy atom. The van der Waals surface area contributed by atoms with Gasteiger partial charge in [-0.25, -0.2) is 0 Å². The molecule has 0 atom stereocenters. The molecule has 0 aromatic rings. The molecule has 0 amide bonds. The fourth-order valence-electron chi connectivity index (χ4n) is 0.318. The minimum Gasteiger partial charge on any atom is -0.377 e. The molecule has 0 rings (SSSR count). The highest BCUT2D eigenvalue weighted by Gasteiger charge is 2.31. The number of rotatable bonds is 4. The molecule has 9 heavy (non-hydrogen) atoms. The first-order valence-electron chi connectivity index (χ1n) is 2.53. The Labute approximate surface area is 55.7 Å². The van der Waals surface area contributed by atoms with Crippen LogP contribution in [-0.4, -0.2) is 34.9 Å². The van der Waals surface area contributed by atoms with Gasteiger partial charge in [0.2, 0.25) is 0 Å². The summed E-state index contributed by atoms with van der Waals surface area (Å²) in [6.45, 7) is 1.34. The van der Waals surface area contributed by atoms with E-state index < -0.39 is 8.80 Å². The summed E-state index contributed by atoms with van der Waals surface area (Å²) in [7, 11) is 0.536. The molecule has 0 aromatic carbocycles. The van der Waals surface area contributed by atoms with Gasteiger partial charge in [-0.15, -0.1) is 0 Å². The van der Waals surface area contributed by atoms with E-state index >= 15 is 0 Å². The van der Waals surface area contributed by atoms with E-state index in [-0.39, 0.29) is 6.79 Å². The summed E-state index contributed by atoms with van der Waals surface area (Å²) in [6.07, 6.45) is 0. The molecule has 0 fully saturated rings. The van der Waals surface area contributed by atoms with Crippen molar-refractivity contribution in [2.45, 2.75) is 6.55 Å². The third-order valence-corrected chi connectivity index (χ3v) is 3.20. The smallest absolute Gasteiger partial charge is 0.377 e. The molecule has 0 aliphatic heterocycles. The van der Waals surface area contributed by atoms with Gasteiger partial charge in [0, 0.05) is 20.8 Å². The maximum Gasteiger partial charge on any atom is 0.498 e. The Hall–Kier alpha value is 0.0569. The first kappa shape index (κ1) is 9.06. The Morgan fingerprint density at radius 1 is 1.33 bits per heavy atom. The standard InChI is InChI=1S/C4H12O4Si/c1-6-9(3,7-2)8-4-5/h5H,4H2,1-3H3. The summed E-state index contributed by atoms with van der Waals surface area (Å²) in [4.78, 5) is 0. The molecular formula is C4H12O4Si. The summed E-state index contributed by atoms with van der Waals surface area (Å²) in [5, 5.41) is 8.32. The van der Waals surface area contributed by atoms with Crippen LogP contribution in [0.25, 0.3) is 0 Å². The second-order valence-electron chi connectivity index (χ2n) is 1.54. The average Bonchev–Trinajstić information content (AvgIpc) is 1.89. The lowest BCUT2D eigenvalue weighted by Gasteiger charge is -2.19. The van der Waals surface area contributed by atoms with Crippen LogP contribution in [0.2, 0.25) is 6.55 Å². The number of aliphatic hydroxyl groups excluding tert-OH is 1. The van der Waals surface area contributed by atoms with Crippen molar-refractivity contribution in [1.29, 1.82) is 0 Å². The SMILES string of the molecule is CO[Si](C)(OC)OCO. The zero-order valence-electron chi connectivity index (χ0n) is 5.88. The second kappa shape index (κ2) is 3.97. The zero-order valence-corrected chi connectivity index (χ0v) is 6.88. The molecule has 0 aliphatic rings. The maximum absolute atomic E-state index is 8.32. The summed E-state index contributed by atoms with van der Waals surface area (Å²) >= 11 is 0. The predicted molar refractivity (Wildman–Crippen MR) is 33.8 cm³/mol. The molecular weight excluding hydrogens is 140 g/mol. The van der Waals surface area contributed by atoms with E-state index in [1.54, 1.807) is 6.55 Å². The number of aliphatic hydroxyl groups is 1. The molecule has 0 aromatic heterocycles. The molecule has 0 saturated carbocycles. The van der Waals surface area contributed by atoms with Crippen LogP contribution in [0, 0.1) is 0 Å². The quantitative estimate of drug-likeness (QED) is 0.448. The fraction of sp³-hybridized carbons (Fsp3) is 1.00. The Morgan fingerprint density at radius 2 is 1.78 bits per heavy atom. The van der Waals surface area contributed by atoms with E-state index in [2.05, 4.69) is 0 Å². The molecule has 5 heteroatoms. The minimum absolute atomic E-state index is 0.357. The van der Waals surface area contributed by atoms with Crippen molar-refractivity contribution >= 4 is 8.80 Å². The molecule has 0 spiro atoms. The first-order valence-corrected chi connectivity index (χ1v) is 4.76. The van der Waals surface area contributed by atoms with Gasteiger partial charge in [-0.3, -0.25) is 0 Å². The van der Waals surface area contributed by atoms with Crippen molar-refractivity contribution in [3.63, 3.8) is 0 Å². The Kier molecular flexibility index (Phi) is 3.99. The van der Waals surface area contributed by atoms with Gasteiger partial charge in [-0.2, -0.15) is 0 Å². The lowest BCUT2D eigenvalue weighted by molar-refractivity contribution is 0.0192. The lowest BCUT2D eigenvalue weighted by atomic mass is 11.6. The van der Waals surface area contributed by atoms with E-state index in [4.69, 9.17) is 18.4 Å². The highest BCUT2D eigenvalue weighted by Crippen LogP contribution is 2.03. The fourth-order valence-corrected chi connectivity index (χ4v) is 0.955. The van der Waals surface area contributed by atoms with Crippen LogP contribution < -0.4 is 0 Å². The van der Waals surface area contributed by atoms with Crippen molar-refractivity contribution in [3.05, 3.63) is 0 Å². The highest BCUT2D eigenvalue weighted by atomic mass is 28.4. The topological polar surface area (TPSA) is 47.9 Å². The molecule has 56 valence electrons. The van der Waals surface area contributed by atoms with Gasteiger partial charge in [0.25, 0.3) is 0 Å². The molecule has 0 unspecified atom stereocenters. The van der Waals surface area contributed by atoms with E-state index in [9.17, 15) is 0 Å². The zero-order chi connectivity index (χ0) is 7.33. The van der Waals surface area contributed by atoms with Gasteiger partial charge >= 0.3 is 8.80 Å². The predicted octanol–water partition coefficient (Wildman–Crippen LogP) is -0.186. The largest absolute Gasteiger partial charge is 0.498 e. The van der Waals surface area contributed by atoms with Gasteiger partial charge in [0.1, 0.15) is 6.79 Å². The summed E-state index contributed by atoms with van der Waals surface area (Å²) < 4.78 is 14.5. The summed E-state index contributed by atoms with van der Waals surface area (Å²) in [5.74, 6) is 0. The Bertz CT molecular complexity index is 73.0. The molecule has 1 N–H and O–H groups in total. The maximum atomic E-state index is 8.32. The van der Waals surface area contributed by atoms with Gasteiger partial charge in [0.05, 0.1) is 0 Å². The van der Waals surface area contributed by atoms with Crippen LogP contribution in [0.5, 0.6) is 0 Å². The third-order valence-electron chi connectivity index (χ3n) is 1.07. The van der Waals surface area contributed by atoms with Crippen LogP contribution in [-0.2, 0) is 13.3 Å².